The second kappa shape index (κ2) is 4.17. The van der Waals surface area contributed by atoms with Gasteiger partial charge in [-0.05, 0) is 29.5 Å². The van der Waals surface area contributed by atoms with E-state index in [0.717, 1.165) is 21.9 Å². The van der Waals surface area contributed by atoms with E-state index < -0.39 is 0 Å². The molecule has 2 aromatic rings. The van der Waals surface area contributed by atoms with E-state index in [1.165, 1.54) is 0 Å². The number of hydrogen-bond donors (Lipinski definition) is 1. The molecule has 0 aromatic carbocycles. The average molecular weight is 228 g/mol. The Hall–Kier alpha value is -0.770. The Morgan fingerprint density at radius 2 is 2.36 bits per heavy atom. The van der Waals surface area contributed by atoms with Crippen LogP contribution < -0.4 is 5.73 Å². The molecule has 0 aliphatic heterocycles. The van der Waals surface area contributed by atoms with Crippen molar-refractivity contribution in [3.05, 3.63) is 45.5 Å². The molecule has 0 saturated heterocycles. The lowest BCUT2D eigenvalue weighted by Crippen LogP contribution is -2.11. The third-order valence-electron chi connectivity index (χ3n) is 2.02. The molecule has 0 bridgehead atoms. The normalized spacial score (nSPS) is 13.0. The molecular formula is C10H10ClNOS. The summed E-state index contributed by atoms with van der Waals surface area (Å²) in [6.07, 6.45) is 4.12. The zero-order valence-corrected chi connectivity index (χ0v) is 9.02. The van der Waals surface area contributed by atoms with E-state index in [2.05, 4.69) is 0 Å². The van der Waals surface area contributed by atoms with Crippen molar-refractivity contribution < 1.29 is 4.42 Å². The van der Waals surface area contributed by atoms with Crippen LogP contribution in [0, 0.1) is 0 Å². The molecule has 1 unspecified atom stereocenters. The molecule has 2 aromatic heterocycles. The second-order valence-corrected chi connectivity index (χ2v) is 4.43. The Balaban J connectivity index is 2.10. The fourth-order valence-corrected chi connectivity index (χ4v) is 2.53. The van der Waals surface area contributed by atoms with Gasteiger partial charge in [-0.25, -0.2) is 0 Å². The van der Waals surface area contributed by atoms with Crippen LogP contribution in [0.25, 0.3) is 0 Å². The highest BCUT2D eigenvalue weighted by molar-refractivity contribution is 7.10. The second-order valence-electron chi connectivity index (χ2n) is 3.08. The van der Waals surface area contributed by atoms with Gasteiger partial charge in [-0.3, -0.25) is 0 Å². The Kier molecular flexibility index (Phi) is 2.91. The van der Waals surface area contributed by atoms with Crippen LogP contribution in [0.4, 0.5) is 0 Å². The average Bonchev–Trinajstić information content (AvgIpc) is 2.75. The van der Waals surface area contributed by atoms with Gasteiger partial charge < -0.3 is 10.2 Å². The third kappa shape index (κ3) is 2.00. The van der Waals surface area contributed by atoms with Crippen LogP contribution in [0.5, 0.6) is 0 Å². The maximum absolute atomic E-state index is 6.02. The summed E-state index contributed by atoms with van der Waals surface area (Å²) >= 11 is 7.57. The maximum Gasteiger partial charge on any atom is 0.0935 e. The number of hydrogen-bond acceptors (Lipinski definition) is 3. The lowest BCUT2D eigenvalue weighted by atomic mass is 10.1. The van der Waals surface area contributed by atoms with Crippen molar-refractivity contribution in [2.45, 2.75) is 12.5 Å². The minimum absolute atomic E-state index is 0.0416. The summed E-state index contributed by atoms with van der Waals surface area (Å²) in [7, 11) is 0. The lowest BCUT2D eigenvalue weighted by Gasteiger charge is -2.08. The van der Waals surface area contributed by atoms with E-state index in [0.29, 0.717) is 0 Å². The van der Waals surface area contributed by atoms with Crippen LogP contribution in [0.3, 0.4) is 0 Å². The molecule has 0 amide bonds. The fraction of sp³-hybridized carbons (Fsp3) is 0.200. The van der Waals surface area contributed by atoms with Gasteiger partial charge in [-0.1, -0.05) is 11.6 Å². The molecule has 74 valence electrons. The first kappa shape index (κ1) is 9.77. The van der Waals surface area contributed by atoms with Crippen molar-refractivity contribution >= 4 is 22.9 Å². The molecule has 0 fully saturated rings. The molecule has 0 spiro atoms. The van der Waals surface area contributed by atoms with Gasteiger partial charge in [0.25, 0.3) is 0 Å². The summed E-state index contributed by atoms with van der Waals surface area (Å²) in [4.78, 5) is 1.04. The third-order valence-corrected chi connectivity index (χ3v) is 3.51. The number of thiophene rings is 1. The topological polar surface area (TPSA) is 39.2 Å². The van der Waals surface area contributed by atoms with Crippen molar-refractivity contribution in [2.24, 2.45) is 5.73 Å². The van der Waals surface area contributed by atoms with Gasteiger partial charge in [0.15, 0.2) is 0 Å². The molecule has 0 saturated carbocycles. The molecule has 2 N–H and O–H groups in total. The van der Waals surface area contributed by atoms with Crippen molar-refractivity contribution in [1.82, 2.24) is 0 Å². The van der Waals surface area contributed by atoms with Crippen LogP contribution in [0.15, 0.2) is 34.5 Å². The molecule has 0 aliphatic rings. The van der Waals surface area contributed by atoms with Gasteiger partial charge in [0.05, 0.1) is 17.5 Å². The Morgan fingerprint density at radius 3 is 2.93 bits per heavy atom. The summed E-state index contributed by atoms with van der Waals surface area (Å²) in [6, 6.07) is 3.75. The number of halogens is 1. The molecule has 1 atom stereocenters. The molecule has 2 heterocycles. The van der Waals surface area contributed by atoms with Crippen LogP contribution in [0.1, 0.15) is 16.5 Å². The minimum Gasteiger partial charge on any atom is -0.472 e. The van der Waals surface area contributed by atoms with Gasteiger partial charge in [0.1, 0.15) is 0 Å². The van der Waals surface area contributed by atoms with E-state index in [-0.39, 0.29) is 6.04 Å². The standard InChI is InChI=1S/C10H10ClNOS/c11-8-2-4-14-10(8)9(12)5-7-1-3-13-6-7/h1-4,6,9H,5,12H2. The first-order valence-electron chi connectivity index (χ1n) is 4.27. The van der Waals surface area contributed by atoms with E-state index in [1.807, 2.05) is 17.5 Å². The predicted molar refractivity (Wildman–Crippen MR) is 58.7 cm³/mol. The number of nitrogens with two attached hydrogens (primary N) is 1. The van der Waals surface area contributed by atoms with Crippen molar-refractivity contribution in [2.75, 3.05) is 0 Å². The number of rotatable bonds is 3. The van der Waals surface area contributed by atoms with Crippen molar-refractivity contribution in [1.29, 1.82) is 0 Å². The van der Waals surface area contributed by atoms with Crippen molar-refractivity contribution in [3.8, 4) is 0 Å². The van der Waals surface area contributed by atoms with Crippen molar-refractivity contribution in [3.63, 3.8) is 0 Å². The molecular weight excluding hydrogens is 218 g/mol. The van der Waals surface area contributed by atoms with Crippen LogP contribution in [-0.2, 0) is 6.42 Å². The minimum atomic E-state index is -0.0416. The molecule has 4 heteroatoms. The van der Waals surface area contributed by atoms with Gasteiger partial charge >= 0.3 is 0 Å². The van der Waals surface area contributed by atoms with Crippen LogP contribution >= 0.6 is 22.9 Å². The highest BCUT2D eigenvalue weighted by Gasteiger charge is 2.12. The Labute approximate surface area is 91.3 Å². The lowest BCUT2D eigenvalue weighted by molar-refractivity contribution is 0.561. The fourth-order valence-electron chi connectivity index (χ4n) is 1.33. The monoisotopic (exact) mass is 227 g/mol. The highest BCUT2D eigenvalue weighted by atomic mass is 35.5. The van der Waals surface area contributed by atoms with E-state index in [1.54, 1.807) is 23.9 Å². The largest absolute Gasteiger partial charge is 0.472 e. The SMILES string of the molecule is NC(Cc1ccoc1)c1sccc1Cl. The zero-order valence-electron chi connectivity index (χ0n) is 7.44. The van der Waals surface area contributed by atoms with E-state index >= 15 is 0 Å². The Bertz CT molecular complexity index is 396. The first-order chi connectivity index (χ1) is 6.77. The zero-order chi connectivity index (χ0) is 9.97. The van der Waals surface area contributed by atoms with Gasteiger partial charge in [0, 0.05) is 10.9 Å². The van der Waals surface area contributed by atoms with Crippen LogP contribution in [0.2, 0.25) is 5.02 Å². The summed E-state index contributed by atoms with van der Waals surface area (Å²) in [6.45, 7) is 0. The summed E-state index contributed by atoms with van der Waals surface area (Å²) in [5, 5.41) is 2.71. The number of furan rings is 1. The van der Waals surface area contributed by atoms with E-state index in [4.69, 9.17) is 21.8 Å². The first-order valence-corrected chi connectivity index (χ1v) is 5.52. The molecule has 2 nitrogen and oxygen atoms in total. The molecule has 2 rings (SSSR count). The van der Waals surface area contributed by atoms with Crippen LogP contribution in [-0.4, -0.2) is 0 Å². The summed E-state index contributed by atoms with van der Waals surface area (Å²) in [5.41, 5.74) is 7.11. The Morgan fingerprint density at radius 1 is 1.50 bits per heavy atom. The predicted octanol–water partition coefficient (Wildman–Crippen LogP) is 3.24. The van der Waals surface area contributed by atoms with Gasteiger partial charge in [-0.2, -0.15) is 0 Å². The van der Waals surface area contributed by atoms with E-state index in [9.17, 15) is 0 Å². The van der Waals surface area contributed by atoms with Gasteiger partial charge in [0.2, 0.25) is 0 Å². The highest BCUT2D eigenvalue weighted by Crippen LogP contribution is 2.29. The molecule has 0 aliphatic carbocycles. The summed E-state index contributed by atoms with van der Waals surface area (Å²) < 4.78 is 4.98. The molecule has 0 radical (unpaired) electrons. The van der Waals surface area contributed by atoms with Gasteiger partial charge in [-0.15, -0.1) is 11.3 Å². The smallest absolute Gasteiger partial charge is 0.0935 e. The summed E-state index contributed by atoms with van der Waals surface area (Å²) in [5.74, 6) is 0. The maximum atomic E-state index is 6.02. The molecule has 14 heavy (non-hydrogen) atoms. The quantitative estimate of drug-likeness (QED) is 0.875.